The van der Waals surface area contributed by atoms with E-state index < -0.39 is 15.4 Å². The van der Waals surface area contributed by atoms with Gasteiger partial charge in [-0.15, -0.1) is 0 Å². The van der Waals surface area contributed by atoms with Crippen LogP contribution < -0.4 is 51.4 Å². The van der Waals surface area contributed by atoms with Crippen molar-refractivity contribution in [3.05, 3.63) is 0 Å². The first-order chi connectivity index (χ1) is 11.4. The molecule has 0 heterocycles. The fraction of sp³-hybridized carbons (Fsp3) is 1.00. The van der Waals surface area contributed by atoms with Crippen LogP contribution in [0.4, 0.5) is 0 Å². The molecule has 146 valence electrons. The predicted molar refractivity (Wildman–Crippen MR) is 100 cm³/mol. The molecule has 0 aromatic rings. The zero-order valence-electron chi connectivity index (χ0n) is 16.8. The van der Waals surface area contributed by atoms with Crippen LogP contribution in [0.25, 0.3) is 0 Å². The molecule has 0 aromatic heterocycles. The standard InChI is InChI=1S/C19H40O4S.K/c1-3-4-5-6-7-8-9-10-11-12-16-19(24(21,22)23)17-14-13-15-18(2)20;/h18-20H,3-17H2,1-2H3,(H,21,22,23);/q;+1/p-1. The van der Waals surface area contributed by atoms with E-state index in [-0.39, 0.29) is 57.5 Å². The third-order valence-electron chi connectivity index (χ3n) is 4.69. The topological polar surface area (TPSA) is 77.4 Å². The molecule has 0 spiro atoms. The molecule has 0 aliphatic rings. The van der Waals surface area contributed by atoms with Gasteiger partial charge in [-0.25, -0.2) is 8.42 Å². The van der Waals surface area contributed by atoms with Gasteiger partial charge in [0.05, 0.1) is 16.2 Å². The Kier molecular flexibility index (Phi) is 21.7. The van der Waals surface area contributed by atoms with Gasteiger partial charge in [0.25, 0.3) is 0 Å². The minimum Gasteiger partial charge on any atom is -0.748 e. The monoisotopic (exact) mass is 402 g/mol. The van der Waals surface area contributed by atoms with Gasteiger partial charge < -0.3 is 9.66 Å². The van der Waals surface area contributed by atoms with Crippen LogP contribution in [-0.4, -0.2) is 29.4 Å². The molecule has 0 amide bonds. The number of unbranched alkanes of at least 4 members (excludes halogenated alkanes) is 10. The molecule has 25 heavy (non-hydrogen) atoms. The van der Waals surface area contributed by atoms with Gasteiger partial charge in [-0.2, -0.15) is 0 Å². The maximum atomic E-state index is 11.3. The van der Waals surface area contributed by atoms with Crippen LogP contribution in [0.2, 0.25) is 0 Å². The SMILES string of the molecule is CCCCCCCCCCCCC(CCCCC(C)O)S(=O)(=O)[O-].[K+]. The van der Waals surface area contributed by atoms with Gasteiger partial charge in [0.2, 0.25) is 0 Å². The summed E-state index contributed by atoms with van der Waals surface area (Å²) in [5.41, 5.74) is 0. The summed E-state index contributed by atoms with van der Waals surface area (Å²) in [6.07, 6.45) is 14.8. The Morgan fingerprint density at radius 3 is 1.52 bits per heavy atom. The summed E-state index contributed by atoms with van der Waals surface area (Å²) >= 11 is 0. The summed E-state index contributed by atoms with van der Waals surface area (Å²) in [7, 11) is -4.19. The van der Waals surface area contributed by atoms with Crippen molar-refractivity contribution in [3.63, 3.8) is 0 Å². The summed E-state index contributed by atoms with van der Waals surface area (Å²) in [4.78, 5) is 0. The maximum absolute atomic E-state index is 11.3. The molecule has 0 fully saturated rings. The van der Waals surface area contributed by atoms with E-state index >= 15 is 0 Å². The molecule has 2 atom stereocenters. The molecule has 0 radical (unpaired) electrons. The molecule has 0 bridgehead atoms. The number of hydrogen-bond donors (Lipinski definition) is 1. The molecule has 0 aromatic carbocycles. The second kappa shape index (κ2) is 18.9. The maximum Gasteiger partial charge on any atom is 1.00 e. The molecule has 1 N–H and O–H groups in total. The first kappa shape index (κ1) is 28.7. The van der Waals surface area contributed by atoms with E-state index in [9.17, 15) is 18.1 Å². The van der Waals surface area contributed by atoms with Crippen LogP contribution in [0.5, 0.6) is 0 Å². The number of rotatable bonds is 17. The zero-order valence-corrected chi connectivity index (χ0v) is 20.8. The second-order valence-electron chi connectivity index (χ2n) is 7.22. The van der Waals surface area contributed by atoms with Crippen molar-refractivity contribution in [2.24, 2.45) is 0 Å². The first-order valence-corrected chi connectivity index (χ1v) is 11.5. The first-order valence-electron chi connectivity index (χ1n) is 10.0. The average Bonchev–Trinajstić information content (AvgIpc) is 2.49. The van der Waals surface area contributed by atoms with E-state index in [1.165, 1.54) is 44.9 Å². The number of aliphatic hydroxyl groups excluding tert-OH is 1. The van der Waals surface area contributed by atoms with E-state index in [1.54, 1.807) is 6.92 Å². The Morgan fingerprint density at radius 2 is 1.12 bits per heavy atom. The Labute approximate surface area is 199 Å². The van der Waals surface area contributed by atoms with Crippen molar-refractivity contribution < 1.29 is 69.5 Å². The van der Waals surface area contributed by atoms with Gasteiger partial charge in [0, 0.05) is 5.25 Å². The van der Waals surface area contributed by atoms with Crippen LogP contribution in [0.1, 0.15) is 110 Å². The molecule has 0 aliphatic carbocycles. The van der Waals surface area contributed by atoms with Crippen LogP contribution in [0.15, 0.2) is 0 Å². The summed E-state index contributed by atoms with van der Waals surface area (Å²) in [5, 5.41) is 8.47. The number of aliphatic hydroxyl groups is 1. The summed E-state index contributed by atoms with van der Waals surface area (Å²) in [6.45, 7) is 3.95. The Bertz CT molecular complexity index is 372. The molecule has 4 nitrogen and oxygen atoms in total. The summed E-state index contributed by atoms with van der Waals surface area (Å²) in [6, 6.07) is 0. The second-order valence-corrected chi connectivity index (χ2v) is 8.87. The third kappa shape index (κ3) is 20.1. The van der Waals surface area contributed by atoms with Gasteiger partial charge >= 0.3 is 51.4 Å². The fourth-order valence-electron chi connectivity index (χ4n) is 3.10. The fourth-order valence-corrected chi connectivity index (χ4v) is 4.01. The predicted octanol–water partition coefficient (Wildman–Crippen LogP) is 2.16. The molecule has 0 aliphatic heterocycles. The van der Waals surface area contributed by atoms with Gasteiger partial charge in [0.1, 0.15) is 0 Å². The Balaban J connectivity index is 0. The minimum atomic E-state index is -4.19. The van der Waals surface area contributed by atoms with Crippen LogP contribution in [0.3, 0.4) is 0 Å². The van der Waals surface area contributed by atoms with E-state index in [2.05, 4.69) is 6.92 Å². The van der Waals surface area contributed by atoms with Crippen LogP contribution >= 0.6 is 0 Å². The zero-order chi connectivity index (χ0) is 18.3. The molecule has 0 saturated heterocycles. The molecule has 0 saturated carbocycles. The van der Waals surface area contributed by atoms with Gasteiger partial charge in [-0.1, -0.05) is 84.0 Å². The smallest absolute Gasteiger partial charge is 0.748 e. The van der Waals surface area contributed by atoms with Crippen LogP contribution in [0, 0.1) is 0 Å². The minimum absolute atomic E-state index is 0. The van der Waals surface area contributed by atoms with Crippen molar-refractivity contribution in [1.82, 2.24) is 0 Å². The van der Waals surface area contributed by atoms with Crippen LogP contribution in [-0.2, 0) is 10.1 Å². The summed E-state index contributed by atoms with van der Waals surface area (Å²) < 4.78 is 34.0. The van der Waals surface area contributed by atoms with Crippen molar-refractivity contribution >= 4 is 10.1 Å². The van der Waals surface area contributed by atoms with Gasteiger partial charge in [-0.05, 0) is 26.2 Å². The number of hydrogen-bond acceptors (Lipinski definition) is 4. The third-order valence-corrected chi connectivity index (χ3v) is 5.97. The Hall–Kier alpha value is 1.51. The van der Waals surface area contributed by atoms with E-state index in [1.807, 2.05) is 0 Å². The van der Waals surface area contributed by atoms with Crippen molar-refractivity contribution in [2.75, 3.05) is 0 Å². The van der Waals surface area contributed by atoms with E-state index in [0.29, 0.717) is 25.7 Å². The van der Waals surface area contributed by atoms with Gasteiger partial charge in [-0.3, -0.25) is 0 Å². The molecule has 0 rings (SSSR count). The average molecular weight is 403 g/mol. The van der Waals surface area contributed by atoms with E-state index in [4.69, 9.17) is 0 Å². The molecular formula is C19H39KO4S. The normalized spacial score (nSPS) is 14.1. The molecule has 2 unspecified atom stereocenters. The molecule has 6 heteroatoms. The largest absolute Gasteiger partial charge is 1.00 e. The van der Waals surface area contributed by atoms with Gasteiger partial charge in [0.15, 0.2) is 0 Å². The summed E-state index contributed by atoms with van der Waals surface area (Å²) in [5.74, 6) is 0. The quantitative estimate of drug-likeness (QED) is 0.230. The van der Waals surface area contributed by atoms with E-state index in [0.717, 1.165) is 25.7 Å². The van der Waals surface area contributed by atoms with Crippen molar-refractivity contribution in [3.8, 4) is 0 Å². The molecular weight excluding hydrogens is 363 g/mol. The van der Waals surface area contributed by atoms with Crippen molar-refractivity contribution in [1.29, 1.82) is 0 Å². The Morgan fingerprint density at radius 1 is 0.760 bits per heavy atom. The van der Waals surface area contributed by atoms with Crippen molar-refractivity contribution in [2.45, 2.75) is 122 Å².